The number of carbonyl (C=O) groups excluding carboxylic acids is 1. The topological polar surface area (TPSA) is 101 Å². The lowest BCUT2D eigenvalue weighted by Gasteiger charge is -2.31. The monoisotopic (exact) mass is 560 g/mol. The van der Waals surface area contributed by atoms with Gasteiger partial charge in [0, 0.05) is 29.8 Å². The molecule has 38 heavy (non-hydrogen) atoms. The van der Waals surface area contributed by atoms with Crippen LogP contribution < -0.4 is 0 Å². The largest absolute Gasteiger partial charge is 0.463 e. The number of carbonyl (C=O) groups is 1. The maximum absolute atomic E-state index is 12.9. The Morgan fingerprint density at radius 1 is 1.13 bits per heavy atom. The molecule has 0 aromatic heterocycles. The van der Waals surface area contributed by atoms with Crippen molar-refractivity contribution in [2.24, 2.45) is 9.50 Å². The zero-order valence-electron chi connectivity index (χ0n) is 22.0. The molecule has 0 saturated carbocycles. The number of benzene rings is 2. The molecule has 0 bridgehead atoms. The van der Waals surface area contributed by atoms with Crippen molar-refractivity contribution in [2.75, 3.05) is 32.8 Å². The average Bonchev–Trinajstić information content (AvgIpc) is 3.29. The maximum Gasteiger partial charge on any atom is 0.330 e. The third kappa shape index (κ3) is 6.87. The molecule has 2 aromatic rings. The summed E-state index contributed by atoms with van der Waals surface area (Å²) in [5.41, 5.74) is 0.999. The Morgan fingerprint density at radius 3 is 2.39 bits per heavy atom. The van der Waals surface area contributed by atoms with Crippen LogP contribution in [-0.4, -0.2) is 68.1 Å². The second kappa shape index (κ2) is 13.1. The summed E-state index contributed by atoms with van der Waals surface area (Å²) < 4.78 is 42.5. The number of hydrogen-bond donors (Lipinski definition) is 0. The summed E-state index contributed by atoms with van der Waals surface area (Å²) in [6, 6.07) is 16.7. The van der Waals surface area contributed by atoms with Gasteiger partial charge in [-0.05, 0) is 31.5 Å². The zero-order chi connectivity index (χ0) is 27.8. The van der Waals surface area contributed by atoms with Crippen LogP contribution in [0.2, 0.25) is 5.02 Å². The van der Waals surface area contributed by atoms with E-state index in [2.05, 4.69) is 4.40 Å². The Labute approximate surface area is 229 Å². The van der Waals surface area contributed by atoms with Gasteiger partial charge >= 0.3 is 16.2 Å². The fourth-order valence-electron chi connectivity index (χ4n) is 4.09. The molecule has 0 spiro atoms. The normalized spacial score (nSPS) is 18.3. The molecule has 1 aliphatic heterocycles. The minimum Gasteiger partial charge on any atom is -0.463 e. The molecule has 1 aliphatic rings. The van der Waals surface area contributed by atoms with E-state index in [1.807, 2.05) is 42.5 Å². The van der Waals surface area contributed by atoms with E-state index in [-0.39, 0.29) is 25.6 Å². The Morgan fingerprint density at radius 2 is 1.79 bits per heavy atom. The quantitative estimate of drug-likeness (QED) is 0.175. The molecule has 1 heterocycles. The van der Waals surface area contributed by atoms with Crippen LogP contribution in [0.5, 0.6) is 0 Å². The molecule has 0 saturated heterocycles. The Balaban J connectivity index is 2.09. The van der Waals surface area contributed by atoms with Crippen LogP contribution in [0, 0.1) is 0 Å². The lowest BCUT2D eigenvalue weighted by atomic mass is 9.85. The smallest absolute Gasteiger partial charge is 0.330 e. The van der Waals surface area contributed by atoms with E-state index in [0.29, 0.717) is 23.8 Å². The van der Waals surface area contributed by atoms with Crippen molar-refractivity contribution in [2.45, 2.75) is 33.3 Å². The highest BCUT2D eigenvalue weighted by atomic mass is 35.5. The third-order valence-corrected chi connectivity index (χ3v) is 7.87. The summed E-state index contributed by atoms with van der Waals surface area (Å²) in [4.78, 5) is 11.8. The molecule has 1 unspecified atom stereocenters. The maximum atomic E-state index is 12.9. The number of hydrazone groups is 1. The van der Waals surface area contributed by atoms with Crippen LogP contribution in [0.25, 0.3) is 0 Å². The van der Waals surface area contributed by atoms with Crippen molar-refractivity contribution < 1.29 is 22.7 Å². The standard InChI is InChI=1S/C27H33ClN4O5S/c1-5-31(6-2)38(34,35)30-21(4)32-20-27(23-12-9-8-10-13-23,37-19-11-14-25(33)36-7-3)26(29-32)22-15-17-24(28)18-16-22/h8-18H,5-7,19-20H2,1-4H3/b14-11+,30-21+. The lowest BCUT2D eigenvalue weighted by Crippen LogP contribution is -2.43. The third-order valence-electron chi connectivity index (χ3n) is 5.95. The minimum atomic E-state index is -3.90. The molecule has 2 aromatic carbocycles. The molecule has 1 atom stereocenters. The van der Waals surface area contributed by atoms with E-state index in [9.17, 15) is 13.2 Å². The van der Waals surface area contributed by atoms with Crippen LogP contribution in [0.3, 0.4) is 0 Å². The predicted octanol–water partition coefficient (Wildman–Crippen LogP) is 4.40. The van der Waals surface area contributed by atoms with Gasteiger partial charge in [-0.15, -0.1) is 4.40 Å². The first-order chi connectivity index (χ1) is 18.2. The molecule has 3 rings (SSSR count). The van der Waals surface area contributed by atoms with Gasteiger partial charge in [0.15, 0.2) is 5.60 Å². The van der Waals surface area contributed by atoms with Gasteiger partial charge in [0.1, 0.15) is 11.5 Å². The van der Waals surface area contributed by atoms with Crippen LogP contribution >= 0.6 is 11.6 Å². The van der Waals surface area contributed by atoms with Gasteiger partial charge in [-0.2, -0.15) is 17.8 Å². The number of ether oxygens (including phenoxy) is 2. The van der Waals surface area contributed by atoms with Crippen LogP contribution in [-0.2, 0) is 30.1 Å². The summed E-state index contributed by atoms with van der Waals surface area (Å²) in [5.74, 6) is -0.263. The van der Waals surface area contributed by atoms with E-state index in [1.165, 1.54) is 15.4 Å². The first kappa shape index (κ1) is 29.5. The van der Waals surface area contributed by atoms with Gasteiger partial charge in [-0.3, -0.25) is 0 Å². The van der Waals surface area contributed by atoms with E-state index >= 15 is 0 Å². The van der Waals surface area contributed by atoms with Crippen molar-refractivity contribution in [1.82, 2.24) is 9.31 Å². The van der Waals surface area contributed by atoms with Gasteiger partial charge < -0.3 is 9.47 Å². The summed E-state index contributed by atoms with van der Waals surface area (Å²) in [6.45, 7) is 7.97. The molecule has 0 aliphatic carbocycles. The highest BCUT2D eigenvalue weighted by Crippen LogP contribution is 2.37. The second-order valence-corrected chi connectivity index (χ2v) is 10.4. The molecular formula is C27H33ClN4O5S. The van der Waals surface area contributed by atoms with Crippen LogP contribution in [0.1, 0.15) is 38.8 Å². The fraction of sp³-hybridized carbons (Fsp3) is 0.370. The summed E-state index contributed by atoms with van der Waals surface area (Å²) in [5, 5.41) is 6.91. The number of halogens is 1. The number of esters is 1. The van der Waals surface area contributed by atoms with Gasteiger partial charge in [0.2, 0.25) is 0 Å². The van der Waals surface area contributed by atoms with Crippen molar-refractivity contribution in [3.05, 3.63) is 82.9 Å². The van der Waals surface area contributed by atoms with Crippen molar-refractivity contribution in [3.8, 4) is 0 Å². The molecule has 11 heteroatoms. The predicted molar refractivity (Wildman–Crippen MR) is 149 cm³/mol. The Hall–Kier alpha value is -3.05. The molecular weight excluding hydrogens is 528 g/mol. The van der Waals surface area contributed by atoms with Gasteiger partial charge in [0.25, 0.3) is 0 Å². The molecule has 0 radical (unpaired) electrons. The Bertz CT molecular complexity index is 1290. The highest BCUT2D eigenvalue weighted by molar-refractivity contribution is 7.87. The molecule has 204 valence electrons. The summed E-state index contributed by atoms with van der Waals surface area (Å²) in [7, 11) is -3.90. The summed E-state index contributed by atoms with van der Waals surface area (Å²) in [6.07, 6.45) is 2.90. The van der Waals surface area contributed by atoms with Crippen molar-refractivity contribution >= 4 is 39.3 Å². The van der Waals surface area contributed by atoms with Crippen LogP contribution in [0.15, 0.2) is 76.2 Å². The number of amidine groups is 1. The molecule has 0 fully saturated rings. The van der Waals surface area contributed by atoms with Gasteiger partial charge in [-0.1, -0.05) is 74.0 Å². The highest BCUT2D eigenvalue weighted by Gasteiger charge is 2.47. The number of hydrogen-bond acceptors (Lipinski definition) is 6. The van der Waals surface area contributed by atoms with E-state index in [4.69, 9.17) is 26.2 Å². The molecule has 0 N–H and O–H groups in total. The average molecular weight is 561 g/mol. The SMILES string of the molecule is CCOC(=O)/C=C/COC1(c2ccccc2)CN(/C(C)=N/S(=O)(=O)N(CC)CC)N=C1c1ccc(Cl)cc1. The van der Waals surface area contributed by atoms with E-state index in [0.717, 1.165) is 11.1 Å². The molecule has 9 nitrogen and oxygen atoms in total. The second-order valence-electron chi connectivity index (χ2n) is 8.37. The first-order valence-corrected chi connectivity index (χ1v) is 14.2. The lowest BCUT2D eigenvalue weighted by molar-refractivity contribution is -0.137. The minimum absolute atomic E-state index is 0.0715. The van der Waals surface area contributed by atoms with Crippen LogP contribution in [0.4, 0.5) is 0 Å². The van der Waals surface area contributed by atoms with Gasteiger partial charge in [-0.25, -0.2) is 9.80 Å². The van der Waals surface area contributed by atoms with Crippen molar-refractivity contribution in [1.29, 1.82) is 0 Å². The zero-order valence-corrected chi connectivity index (χ0v) is 23.6. The van der Waals surface area contributed by atoms with Crippen molar-refractivity contribution in [3.63, 3.8) is 0 Å². The Kier molecular flexibility index (Phi) is 10.2. The van der Waals surface area contributed by atoms with Gasteiger partial charge in [0.05, 0.1) is 19.8 Å². The van der Waals surface area contributed by atoms with E-state index < -0.39 is 21.8 Å². The number of rotatable bonds is 11. The van der Waals surface area contributed by atoms with E-state index in [1.54, 1.807) is 45.9 Å². The first-order valence-electron chi connectivity index (χ1n) is 12.4. The number of nitrogens with zero attached hydrogens (tertiary/aromatic N) is 4. The fourth-order valence-corrected chi connectivity index (χ4v) is 5.41. The molecule has 0 amide bonds. The summed E-state index contributed by atoms with van der Waals surface area (Å²) >= 11 is 6.15.